The number of amides is 1. The second-order valence-electron chi connectivity index (χ2n) is 3.70. The highest BCUT2D eigenvalue weighted by atomic mass is 16.6. The van der Waals surface area contributed by atoms with Gasteiger partial charge in [0.05, 0.1) is 12.1 Å². The number of hydrogen-bond donors (Lipinski definition) is 1. The molecular weight excluding hydrogens is 204 g/mol. The largest absolute Gasteiger partial charge is 0.439 e. The molecule has 2 aromatic rings. The normalized spacial score (nSPS) is 19.5. The van der Waals surface area contributed by atoms with Crippen molar-refractivity contribution in [3.63, 3.8) is 0 Å². The SMILES string of the molecule is O=C1NCC(c2cccc3cccnc23)O1. The number of fused-ring (bicyclic) bond motifs is 1. The van der Waals surface area contributed by atoms with Gasteiger partial charge in [0, 0.05) is 17.1 Å². The van der Waals surface area contributed by atoms with E-state index >= 15 is 0 Å². The number of benzene rings is 1. The van der Waals surface area contributed by atoms with Gasteiger partial charge in [0.2, 0.25) is 0 Å². The highest BCUT2D eigenvalue weighted by Gasteiger charge is 2.25. The Morgan fingerprint density at radius 2 is 2.19 bits per heavy atom. The van der Waals surface area contributed by atoms with Crippen LogP contribution in [0.2, 0.25) is 0 Å². The summed E-state index contributed by atoms with van der Waals surface area (Å²) in [6, 6.07) is 9.78. The van der Waals surface area contributed by atoms with E-state index in [2.05, 4.69) is 10.3 Å². The molecule has 1 N–H and O–H groups in total. The quantitative estimate of drug-likeness (QED) is 0.790. The molecule has 0 spiro atoms. The smallest absolute Gasteiger partial charge is 0.407 e. The zero-order valence-electron chi connectivity index (χ0n) is 8.51. The lowest BCUT2D eigenvalue weighted by Crippen LogP contribution is -2.12. The molecule has 1 aromatic carbocycles. The maximum absolute atomic E-state index is 11.0. The van der Waals surface area contributed by atoms with Crippen LogP contribution in [0.1, 0.15) is 11.7 Å². The van der Waals surface area contributed by atoms with Gasteiger partial charge in [-0.3, -0.25) is 4.98 Å². The summed E-state index contributed by atoms with van der Waals surface area (Å²) in [5.41, 5.74) is 1.85. The molecule has 1 aliphatic rings. The first-order chi connectivity index (χ1) is 7.84. The monoisotopic (exact) mass is 214 g/mol. The van der Waals surface area contributed by atoms with Crippen molar-refractivity contribution in [3.05, 3.63) is 42.1 Å². The number of carbonyl (C=O) groups is 1. The molecule has 80 valence electrons. The van der Waals surface area contributed by atoms with Gasteiger partial charge >= 0.3 is 6.09 Å². The van der Waals surface area contributed by atoms with Crippen LogP contribution < -0.4 is 5.32 Å². The van der Waals surface area contributed by atoms with E-state index in [-0.39, 0.29) is 12.2 Å². The van der Waals surface area contributed by atoms with Gasteiger partial charge in [0.25, 0.3) is 0 Å². The number of cyclic esters (lactones) is 1. The third-order valence-electron chi connectivity index (χ3n) is 2.69. The maximum Gasteiger partial charge on any atom is 0.407 e. The Morgan fingerprint density at radius 3 is 3.00 bits per heavy atom. The molecule has 0 saturated carbocycles. The topological polar surface area (TPSA) is 51.2 Å². The first-order valence-electron chi connectivity index (χ1n) is 5.13. The van der Waals surface area contributed by atoms with E-state index in [0.29, 0.717) is 6.54 Å². The molecule has 1 unspecified atom stereocenters. The molecule has 0 bridgehead atoms. The number of carbonyl (C=O) groups excluding carboxylic acids is 1. The Hall–Kier alpha value is -2.10. The highest BCUT2D eigenvalue weighted by Crippen LogP contribution is 2.26. The highest BCUT2D eigenvalue weighted by molar-refractivity contribution is 5.82. The number of pyridine rings is 1. The van der Waals surface area contributed by atoms with E-state index in [1.165, 1.54) is 0 Å². The first-order valence-corrected chi connectivity index (χ1v) is 5.13. The minimum absolute atomic E-state index is 0.230. The standard InChI is InChI=1S/C12H10N2O2/c15-12-14-7-10(16-12)9-5-1-3-8-4-2-6-13-11(8)9/h1-6,10H,7H2,(H,14,15). The summed E-state index contributed by atoms with van der Waals surface area (Å²) in [6.45, 7) is 0.508. The molecular formula is C12H10N2O2. The number of para-hydroxylation sites is 1. The average Bonchev–Trinajstić information content (AvgIpc) is 2.75. The molecule has 4 heteroatoms. The Kier molecular flexibility index (Phi) is 1.99. The average molecular weight is 214 g/mol. The van der Waals surface area contributed by atoms with Crippen LogP contribution in [0.3, 0.4) is 0 Å². The van der Waals surface area contributed by atoms with Gasteiger partial charge in [-0.25, -0.2) is 4.79 Å². The fourth-order valence-electron chi connectivity index (χ4n) is 1.95. The number of hydrogen-bond acceptors (Lipinski definition) is 3. The van der Waals surface area contributed by atoms with Crippen molar-refractivity contribution in [1.29, 1.82) is 0 Å². The van der Waals surface area contributed by atoms with Crippen molar-refractivity contribution in [2.24, 2.45) is 0 Å². The second kappa shape index (κ2) is 3.48. The lowest BCUT2D eigenvalue weighted by atomic mass is 10.1. The van der Waals surface area contributed by atoms with Crippen LogP contribution in [0.4, 0.5) is 4.79 Å². The number of nitrogens with one attached hydrogen (secondary N) is 1. The molecule has 3 rings (SSSR count). The molecule has 0 aliphatic carbocycles. The van der Waals surface area contributed by atoms with Crippen LogP contribution in [-0.2, 0) is 4.74 Å². The van der Waals surface area contributed by atoms with E-state index in [0.717, 1.165) is 16.5 Å². The molecule has 1 saturated heterocycles. The first kappa shape index (κ1) is 9.15. The summed E-state index contributed by atoms with van der Waals surface area (Å²) >= 11 is 0. The Labute approximate surface area is 92.2 Å². The molecule has 4 nitrogen and oxygen atoms in total. The van der Waals surface area contributed by atoms with Crippen LogP contribution >= 0.6 is 0 Å². The Bertz CT molecular complexity index is 548. The van der Waals surface area contributed by atoms with Gasteiger partial charge < -0.3 is 10.1 Å². The molecule has 1 amide bonds. The number of alkyl carbamates (subject to hydrolysis) is 1. The van der Waals surface area contributed by atoms with Crippen molar-refractivity contribution in [2.45, 2.75) is 6.10 Å². The second-order valence-corrected chi connectivity index (χ2v) is 3.70. The summed E-state index contributed by atoms with van der Waals surface area (Å²) in [7, 11) is 0. The molecule has 1 aliphatic heterocycles. The van der Waals surface area contributed by atoms with Crippen molar-refractivity contribution in [3.8, 4) is 0 Å². The van der Waals surface area contributed by atoms with Gasteiger partial charge in [-0.05, 0) is 6.07 Å². The van der Waals surface area contributed by atoms with Gasteiger partial charge in [0.1, 0.15) is 6.10 Å². The van der Waals surface area contributed by atoms with Crippen LogP contribution in [0.15, 0.2) is 36.5 Å². The predicted octanol–water partition coefficient (Wildman–Crippen LogP) is 2.02. The van der Waals surface area contributed by atoms with E-state index in [9.17, 15) is 4.79 Å². The van der Waals surface area contributed by atoms with Gasteiger partial charge in [0.15, 0.2) is 0 Å². The Balaban J connectivity index is 2.13. The fourth-order valence-corrected chi connectivity index (χ4v) is 1.95. The molecule has 1 aromatic heterocycles. The predicted molar refractivity (Wildman–Crippen MR) is 59.0 cm³/mol. The summed E-state index contributed by atoms with van der Waals surface area (Å²) < 4.78 is 5.17. The fraction of sp³-hybridized carbons (Fsp3) is 0.167. The van der Waals surface area contributed by atoms with Crippen LogP contribution in [0.25, 0.3) is 10.9 Å². The van der Waals surface area contributed by atoms with Crippen molar-refractivity contribution < 1.29 is 9.53 Å². The number of rotatable bonds is 1. The van der Waals surface area contributed by atoms with Gasteiger partial charge in [-0.1, -0.05) is 24.3 Å². The number of nitrogens with zero attached hydrogens (tertiary/aromatic N) is 1. The van der Waals surface area contributed by atoms with Crippen LogP contribution in [-0.4, -0.2) is 17.6 Å². The van der Waals surface area contributed by atoms with Crippen molar-refractivity contribution >= 4 is 17.0 Å². The van der Waals surface area contributed by atoms with Crippen LogP contribution in [0, 0.1) is 0 Å². The molecule has 16 heavy (non-hydrogen) atoms. The molecule has 0 radical (unpaired) electrons. The van der Waals surface area contributed by atoms with Crippen LogP contribution in [0.5, 0.6) is 0 Å². The lowest BCUT2D eigenvalue weighted by Gasteiger charge is -2.10. The molecule has 2 heterocycles. The minimum Gasteiger partial charge on any atom is -0.439 e. The summed E-state index contributed by atoms with van der Waals surface area (Å²) in [6.07, 6.45) is 1.15. The van der Waals surface area contributed by atoms with E-state index in [4.69, 9.17) is 4.74 Å². The lowest BCUT2D eigenvalue weighted by molar-refractivity contribution is 0.141. The summed E-state index contributed by atoms with van der Waals surface area (Å²) in [4.78, 5) is 15.3. The zero-order chi connectivity index (χ0) is 11.0. The third-order valence-corrected chi connectivity index (χ3v) is 2.69. The number of ether oxygens (including phenoxy) is 1. The molecule has 1 fully saturated rings. The van der Waals surface area contributed by atoms with E-state index in [1.54, 1.807) is 6.20 Å². The van der Waals surface area contributed by atoms with E-state index in [1.807, 2.05) is 30.3 Å². The Morgan fingerprint density at radius 1 is 1.31 bits per heavy atom. The zero-order valence-corrected chi connectivity index (χ0v) is 8.51. The maximum atomic E-state index is 11.0. The molecule has 1 atom stereocenters. The third kappa shape index (κ3) is 1.39. The van der Waals surface area contributed by atoms with E-state index < -0.39 is 0 Å². The van der Waals surface area contributed by atoms with Crippen molar-refractivity contribution in [2.75, 3.05) is 6.54 Å². The minimum atomic E-state index is -0.363. The van der Waals surface area contributed by atoms with Crippen molar-refractivity contribution in [1.82, 2.24) is 10.3 Å². The van der Waals surface area contributed by atoms with Gasteiger partial charge in [-0.2, -0.15) is 0 Å². The summed E-state index contributed by atoms with van der Waals surface area (Å²) in [5.74, 6) is 0. The number of aromatic nitrogens is 1. The summed E-state index contributed by atoms with van der Waals surface area (Å²) in [5, 5.41) is 3.70. The van der Waals surface area contributed by atoms with Gasteiger partial charge in [-0.15, -0.1) is 0 Å².